The van der Waals surface area contributed by atoms with Crippen LogP contribution in [-0.4, -0.2) is 30.2 Å². The van der Waals surface area contributed by atoms with E-state index in [2.05, 4.69) is 10.6 Å². The van der Waals surface area contributed by atoms with Gasteiger partial charge in [0.2, 0.25) is 5.91 Å². The van der Waals surface area contributed by atoms with Gasteiger partial charge in [-0.2, -0.15) is 0 Å². The Hall–Kier alpha value is -2.02. The lowest BCUT2D eigenvalue weighted by molar-refractivity contribution is -0.113. The lowest BCUT2D eigenvalue weighted by Gasteiger charge is -2.17. The molecule has 2 amide bonds. The lowest BCUT2D eigenvalue weighted by Crippen LogP contribution is -2.41. The SMILES string of the molecule is Cc1ccc(NC(=O)CSc2ccccc2C(=O)NC(CN)C2CC2)cc1.Cl. The first-order valence-corrected chi connectivity index (χ1v) is 10.1. The maximum Gasteiger partial charge on any atom is 0.252 e. The summed E-state index contributed by atoms with van der Waals surface area (Å²) in [5, 5.41) is 5.92. The Balaban J connectivity index is 0.00000280. The molecule has 2 aromatic carbocycles. The quantitative estimate of drug-likeness (QED) is 0.570. The van der Waals surface area contributed by atoms with Crippen LogP contribution in [0.5, 0.6) is 0 Å². The smallest absolute Gasteiger partial charge is 0.252 e. The molecule has 0 spiro atoms. The molecule has 1 atom stereocenters. The molecule has 0 bridgehead atoms. The summed E-state index contributed by atoms with van der Waals surface area (Å²) in [6, 6.07) is 15.1. The van der Waals surface area contributed by atoms with Crippen LogP contribution < -0.4 is 16.4 Å². The number of hydrogen-bond acceptors (Lipinski definition) is 4. The molecule has 28 heavy (non-hydrogen) atoms. The number of carbonyl (C=O) groups is 2. The standard InChI is InChI=1S/C21H25N3O2S.ClH/c1-14-6-10-16(11-7-14)23-20(25)13-27-19-5-3-2-4-17(19)21(26)24-18(12-22)15-8-9-15;/h2-7,10-11,15,18H,8-9,12-13,22H2,1H3,(H,23,25)(H,24,26);1H. The molecule has 1 aliphatic carbocycles. The van der Waals surface area contributed by atoms with Gasteiger partial charge in [0.05, 0.1) is 11.3 Å². The van der Waals surface area contributed by atoms with Crippen molar-refractivity contribution in [2.24, 2.45) is 11.7 Å². The van der Waals surface area contributed by atoms with Crippen LogP contribution in [0.1, 0.15) is 28.8 Å². The number of halogens is 1. The van der Waals surface area contributed by atoms with Crippen molar-refractivity contribution in [3.8, 4) is 0 Å². The Kier molecular flexibility index (Phi) is 8.35. The predicted octanol–water partition coefficient (Wildman–Crippen LogP) is 3.61. The number of hydrogen-bond donors (Lipinski definition) is 3. The molecule has 4 N–H and O–H groups in total. The van der Waals surface area contributed by atoms with Gasteiger partial charge in [-0.25, -0.2) is 0 Å². The second kappa shape index (κ2) is 10.5. The van der Waals surface area contributed by atoms with Crippen molar-refractivity contribution in [1.82, 2.24) is 5.32 Å². The van der Waals surface area contributed by atoms with E-state index in [9.17, 15) is 9.59 Å². The number of amides is 2. The van der Waals surface area contributed by atoms with E-state index in [1.807, 2.05) is 49.4 Å². The van der Waals surface area contributed by atoms with E-state index in [4.69, 9.17) is 5.73 Å². The summed E-state index contributed by atoms with van der Waals surface area (Å²) in [4.78, 5) is 25.7. The van der Waals surface area contributed by atoms with Crippen molar-refractivity contribution in [1.29, 1.82) is 0 Å². The predicted molar refractivity (Wildman–Crippen MR) is 117 cm³/mol. The lowest BCUT2D eigenvalue weighted by atomic mass is 10.1. The third kappa shape index (κ3) is 6.26. The topological polar surface area (TPSA) is 84.2 Å². The molecular weight excluding hydrogens is 394 g/mol. The number of thioether (sulfide) groups is 1. The fraction of sp³-hybridized carbons (Fsp3) is 0.333. The van der Waals surface area contributed by atoms with Crippen LogP contribution in [0.2, 0.25) is 0 Å². The van der Waals surface area contributed by atoms with Crippen LogP contribution in [0.4, 0.5) is 5.69 Å². The monoisotopic (exact) mass is 419 g/mol. The summed E-state index contributed by atoms with van der Waals surface area (Å²) in [5.74, 6) is 0.511. The normalized spacial score (nSPS) is 13.9. The second-order valence-corrected chi connectivity index (χ2v) is 7.87. The molecule has 0 aliphatic heterocycles. The molecule has 150 valence electrons. The minimum absolute atomic E-state index is 0. The first-order chi connectivity index (χ1) is 13.1. The first-order valence-electron chi connectivity index (χ1n) is 9.16. The average molecular weight is 420 g/mol. The van der Waals surface area contributed by atoms with Crippen molar-refractivity contribution >= 4 is 41.7 Å². The van der Waals surface area contributed by atoms with Gasteiger partial charge in [-0.05, 0) is 49.9 Å². The van der Waals surface area contributed by atoms with E-state index >= 15 is 0 Å². The molecule has 3 rings (SSSR count). The van der Waals surface area contributed by atoms with Crippen LogP contribution in [0.25, 0.3) is 0 Å². The Morgan fingerprint density at radius 1 is 1.14 bits per heavy atom. The second-order valence-electron chi connectivity index (χ2n) is 6.85. The highest BCUT2D eigenvalue weighted by molar-refractivity contribution is 8.00. The van der Waals surface area contributed by atoms with E-state index in [0.29, 0.717) is 18.0 Å². The summed E-state index contributed by atoms with van der Waals surface area (Å²) in [5.41, 5.74) is 8.29. The zero-order valence-corrected chi connectivity index (χ0v) is 17.4. The van der Waals surface area contributed by atoms with Crippen molar-refractivity contribution in [2.75, 3.05) is 17.6 Å². The summed E-state index contributed by atoms with van der Waals surface area (Å²) in [7, 11) is 0. The van der Waals surface area contributed by atoms with Gasteiger partial charge in [0.1, 0.15) is 0 Å². The Bertz CT molecular complexity index is 810. The maximum atomic E-state index is 12.7. The van der Waals surface area contributed by atoms with Crippen molar-refractivity contribution in [3.63, 3.8) is 0 Å². The first kappa shape index (κ1) is 22.3. The minimum atomic E-state index is -0.126. The molecule has 0 radical (unpaired) electrons. The molecule has 1 fully saturated rings. The Morgan fingerprint density at radius 3 is 2.46 bits per heavy atom. The molecule has 2 aromatic rings. The van der Waals surface area contributed by atoms with E-state index in [1.165, 1.54) is 11.8 Å². The summed E-state index contributed by atoms with van der Waals surface area (Å²) >= 11 is 1.36. The van der Waals surface area contributed by atoms with Crippen molar-refractivity contribution in [3.05, 3.63) is 59.7 Å². The van der Waals surface area contributed by atoms with Gasteiger partial charge in [0.15, 0.2) is 0 Å². The van der Waals surface area contributed by atoms with Crippen LogP contribution in [0.15, 0.2) is 53.4 Å². The van der Waals surface area contributed by atoms with Crippen molar-refractivity contribution < 1.29 is 9.59 Å². The molecule has 1 unspecified atom stereocenters. The zero-order chi connectivity index (χ0) is 19.2. The van der Waals surface area contributed by atoms with Crippen LogP contribution in [0.3, 0.4) is 0 Å². The number of rotatable bonds is 8. The molecule has 1 aliphatic rings. The minimum Gasteiger partial charge on any atom is -0.348 e. The number of anilines is 1. The summed E-state index contributed by atoms with van der Waals surface area (Å²) < 4.78 is 0. The molecule has 0 aromatic heterocycles. The highest BCUT2D eigenvalue weighted by atomic mass is 35.5. The maximum absolute atomic E-state index is 12.7. The highest BCUT2D eigenvalue weighted by Gasteiger charge is 2.31. The number of nitrogens with one attached hydrogen (secondary N) is 2. The van der Waals surface area contributed by atoms with Gasteiger partial charge in [-0.15, -0.1) is 24.2 Å². The van der Waals surface area contributed by atoms with E-state index in [-0.39, 0.29) is 36.0 Å². The largest absolute Gasteiger partial charge is 0.348 e. The van der Waals surface area contributed by atoms with Gasteiger partial charge >= 0.3 is 0 Å². The summed E-state index contributed by atoms with van der Waals surface area (Å²) in [6.45, 7) is 2.45. The average Bonchev–Trinajstić information content (AvgIpc) is 3.51. The van der Waals surface area contributed by atoms with Gasteiger partial charge in [0, 0.05) is 23.2 Å². The third-order valence-electron chi connectivity index (χ3n) is 4.59. The van der Waals surface area contributed by atoms with E-state index in [0.717, 1.165) is 29.0 Å². The molecule has 0 heterocycles. The third-order valence-corrected chi connectivity index (χ3v) is 5.66. The van der Waals surface area contributed by atoms with Gasteiger partial charge in [-0.1, -0.05) is 29.8 Å². The fourth-order valence-electron chi connectivity index (χ4n) is 2.87. The number of benzene rings is 2. The number of aryl methyl sites for hydroxylation is 1. The van der Waals surface area contributed by atoms with Gasteiger partial charge in [0.25, 0.3) is 5.91 Å². The molecule has 7 heteroatoms. The Labute approximate surface area is 176 Å². The van der Waals surface area contributed by atoms with Crippen LogP contribution in [-0.2, 0) is 4.79 Å². The molecule has 5 nitrogen and oxygen atoms in total. The molecule has 0 saturated heterocycles. The fourth-order valence-corrected chi connectivity index (χ4v) is 3.72. The van der Waals surface area contributed by atoms with E-state index < -0.39 is 0 Å². The Morgan fingerprint density at radius 2 is 1.82 bits per heavy atom. The zero-order valence-electron chi connectivity index (χ0n) is 15.8. The molecule has 1 saturated carbocycles. The molecular formula is C21H26ClN3O2S. The van der Waals surface area contributed by atoms with Gasteiger partial charge < -0.3 is 16.4 Å². The highest BCUT2D eigenvalue weighted by Crippen LogP contribution is 2.32. The van der Waals surface area contributed by atoms with Crippen LogP contribution in [0, 0.1) is 12.8 Å². The number of carbonyl (C=O) groups excluding carboxylic acids is 2. The number of nitrogens with two attached hydrogens (primary N) is 1. The van der Waals surface area contributed by atoms with Crippen molar-refractivity contribution in [2.45, 2.75) is 30.7 Å². The summed E-state index contributed by atoms with van der Waals surface area (Å²) in [6.07, 6.45) is 2.25. The van der Waals surface area contributed by atoms with E-state index in [1.54, 1.807) is 6.07 Å². The van der Waals surface area contributed by atoms with Gasteiger partial charge in [-0.3, -0.25) is 9.59 Å². The van der Waals surface area contributed by atoms with Crippen LogP contribution >= 0.6 is 24.2 Å².